The van der Waals surface area contributed by atoms with Crippen molar-refractivity contribution >= 4 is 11.8 Å². The van der Waals surface area contributed by atoms with Crippen LogP contribution in [-0.2, 0) is 13.0 Å². The summed E-state index contributed by atoms with van der Waals surface area (Å²) in [6.45, 7) is 1.36. The Morgan fingerprint density at radius 2 is 2.06 bits per heavy atom. The zero-order chi connectivity index (χ0) is 12.8. The van der Waals surface area contributed by atoms with Gasteiger partial charge in [-0.1, -0.05) is 5.21 Å². The summed E-state index contributed by atoms with van der Waals surface area (Å²) in [5.41, 5.74) is 6.37. The van der Waals surface area contributed by atoms with Crippen molar-refractivity contribution in [3.05, 3.63) is 42.0 Å². The lowest BCUT2D eigenvalue weighted by molar-refractivity contribution is 0.626. The fraction of sp³-hybridized carbons (Fsp3) is 0.333. The van der Waals surface area contributed by atoms with Gasteiger partial charge in [0.2, 0.25) is 0 Å². The largest absolute Gasteiger partial charge is 0.330 e. The topological polar surface area (TPSA) is 56.7 Å². The Morgan fingerprint density at radius 3 is 2.78 bits per heavy atom. The highest BCUT2D eigenvalue weighted by Crippen LogP contribution is 2.18. The van der Waals surface area contributed by atoms with Gasteiger partial charge in [0.25, 0.3) is 0 Å². The minimum atomic E-state index is -0.206. The van der Waals surface area contributed by atoms with E-state index in [1.165, 1.54) is 12.1 Å². The first-order chi connectivity index (χ1) is 8.78. The van der Waals surface area contributed by atoms with Crippen LogP contribution in [0.3, 0.4) is 0 Å². The lowest BCUT2D eigenvalue weighted by Crippen LogP contribution is -2.03. The van der Waals surface area contributed by atoms with E-state index in [4.69, 9.17) is 5.73 Å². The highest BCUT2D eigenvalue weighted by molar-refractivity contribution is 7.99. The van der Waals surface area contributed by atoms with E-state index in [-0.39, 0.29) is 5.82 Å². The SMILES string of the molecule is NCCc1cn(CCSc2ccc(F)cc2)nn1. The van der Waals surface area contributed by atoms with Crippen molar-refractivity contribution in [2.45, 2.75) is 17.9 Å². The highest BCUT2D eigenvalue weighted by Gasteiger charge is 2.00. The van der Waals surface area contributed by atoms with Gasteiger partial charge in [0, 0.05) is 23.3 Å². The van der Waals surface area contributed by atoms with Gasteiger partial charge in [-0.2, -0.15) is 0 Å². The molecule has 0 aliphatic heterocycles. The molecule has 0 fully saturated rings. The molecule has 0 saturated heterocycles. The van der Waals surface area contributed by atoms with Gasteiger partial charge >= 0.3 is 0 Å². The Morgan fingerprint density at radius 1 is 1.28 bits per heavy atom. The summed E-state index contributed by atoms with van der Waals surface area (Å²) in [6, 6.07) is 6.50. The maximum Gasteiger partial charge on any atom is 0.123 e. The Hall–Kier alpha value is -1.40. The van der Waals surface area contributed by atoms with Crippen LogP contribution in [-0.4, -0.2) is 27.3 Å². The van der Waals surface area contributed by atoms with Crippen molar-refractivity contribution in [3.63, 3.8) is 0 Å². The third kappa shape index (κ3) is 3.82. The molecule has 1 aromatic carbocycles. The number of hydrogen-bond donors (Lipinski definition) is 1. The number of aromatic nitrogens is 3. The summed E-state index contributed by atoms with van der Waals surface area (Å²) in [4.78, 5) is 1.05. The molecule has 0 radical (unpaired) electrons. The number of nitrogens with zero attached hydrogens (tertiary/aromatic N) is 3. The summed E-state index contributed by atoms with van der Waals surface area (Å²) in [7, 11) is 0. The summed E-state index contributed by atoms with van der Waals surface area (Å²) in [6.07, 6.45) is 2.67. The van der Waals surface area contributed by atoms with Crippen LogP contribution in [0.25, 0.3) is 0 Å². The van der Waals surface area contributed by atoms with Gasteiger partial charge < -0.3 is 5.73 Å². The van der Waals surface area contributed by atoms with Crippen LogP contribution in [0.5, 0.6) is 0 Å². The first kappa shape index (κ1) is 13.0. The number of hydrogen-bond acceptors (Lipinski definition) is 4. The average molecular weight is 266 g/mol. The Balaban J connectivity index is 1.79. The lowest BCUT2D eigenvalue weighted by atomic mass is 10.3. The maximum atomic E-state index is 12.7. The van der Waals surface area contributed by atoms with E-state index >= 15 is 0 Å². The highest BCUT2D eigenvalue weighted by atomic mass is 32.2. The van der Waals surface area contributed by atoms with E-state index in [0.717, 1.165) is 29.3 Å². The van der Waals surface area contributed by atoms with E-state index in [9.17, 15) is 4.39 Å². The number of benzene rings is 1. The summed E-state index contributed by atoms with van der Waals surface area (Å²) in [5, 5.41) is 8.04. The molecule has 96 valence electrons. The first-order valence-electron chi connectivity index (χ1n) is 5.75. The van der Waals surface area contributed by atoms with E-state index in [1.54, 1.807) is 23.9 Å². The number of rotatable bonds is 6. The zero-order valence-electron chi connectivity index (χ0n) is 9.92. The molecule has 2 aromatic rings. The fourth-order valence-corrected chi connectivity index (χ4v) is 2.34. The molecule has 0 saturated carbocycles. The quantitative estimate of drug-likeness (QED) is 0.809. The molecule has 0 amide bonds. The molecule has 1 heterocycles. The number of aryl methyl sites for hydroxylation is 1. The smallest absolute Gasteiger partial charge is 0.123 e. The van der Waals surface area contributed by atoms with Gasteiger partial charge in [-0.15, -0.1) is 16.9 Å². The molecule has 2 N–H and O–H groups in total. The summed E-state index contributed by atoms with van der Waals surface area (Å²) >= 11 is 1.67. The zero-order valence-corrected chi connectivity index (χ0v) is 10.7. The minimum Gasteiger partial charge on any atom is -0.330 e. The molecule has 0 unspecified atom stereocenters. The predicted molar refractivity (Wildman–Crippen MR) is 69.9 cm³/mol. The lowest BCUT2D eigenvalue weighted by Gasteiger charge is -2.01. The fourth-order valence-electron chi connectivity index (χ4n) is 1.50. The number of thioether (sulfide) groups is 1. The van der Waals surface area contributed by atoms with E-state index in [0.29, 0.717) is 6.54 Å². The molecule has 0 spiro atoms. The van der Waals surface area contributed by atoms with Crippen LogP contribution in [0.2, 0.25) is 0 Å². The van der Waals surface area contributed by atoms with E-state index in [1.807, 2.05) is 10.9 Å². The molecule has 0 atom stereocenters. The first-order valence-corrected chi connectivity index (χ1v) is 6.74. The van der Waals surface area contributed by atoms with Crippen LogP contribution in [0.15, 0.2) is 35.4 Å². The number of halogens is 1. The monoisotopic (exact) mass is 266 g/mol. The van der Waals surface area contributed by atoms with Crippen molar-refractivity contribution < 1.29 is 4.39 Å². The maximum absolute atomic E-state index is 12.7. The Labute approximate surface area is 109 Å². The normalized spacial score (nSPS) is 10.8. The second kappa shape index (κ2) is 6.51. The van der Waals surface area contributed by atoms with Crippen LogP contribution < -0.4 is 5.73 Å². The molecule has 2 rings (SSSR count). The standard InChI is InChI=1S/C12H15FN4S/c13-10-1-3-12(4-2-10)18-8-7-17-9-11(5-6-14)15-16-17/h1-4,9H,5-8,14H2. The van der Waals surface area contributed by atoms with Gasteiger partial charge in [0.1, 0.15) is 5.82 Å². The van der Waals surface area contributed by atoms with Crippen LogP contribution in [0.1, 0.15) is 5.69 Å². The third-order valence-corrected chi connectivity index (χ3v) is 3.38. The van der Waals surface area contributed by atoms with Gasteiger partial charge in [-0.3, -0.25) is 4.68 Å². The van der Waals surface area contributed by atoms with Crippen molar-refractivity contribution in [1.82, 2.24) is 15.0 Å². The second-order valence-electron chi connectivity index (χ2n) is 3.81. The van der Waals surface area contributed by atoms with Crippen LogP contribution in [0, 0.1) is 5.82 Å². The molecular weight excluding hydrogens is 251 g/mol. The molecule has 0 aliphatic rings. The van der Waals surface area contributed by atoms with Gasteiger partial charge in [-0.25, -0.2) is 4.39 Å². The van der Waals surface area contributed by atoms with Crippen molar-refractivity contribution in [3.8, 4) is 0 Å². The van der Waals surface area contributed by atoms with Gasteiger partial charge in [-0.05, 0) is 30.8 Å². The second-order valence-corrected chi connectivity index (χ2v) is 4.98. The van der Waals surface area contributed by atoms with E-state index in [2.05, 4.69) is 10.3 Å². The molecule has 0 aliphatic carbocycles. The summed E-state index contributed by atoms with van der Waals surface area (Å²) in [5.74, 6) is 0.666. The third-order valence-electron chi connectivity index (χ3n) is 2.39. The molecular formula is C12H15FN4S. The predicted octanol–water partition coefficient (Wildman–Crippen LogP) is 1.71. The molecule has 4 nitrogen and oxygen atoms in total. The molecule has 18 heavy (non-hydrogen) atoms. The minimum absolute atomic E-state index is 0.206. The van der Waals surface area contributed by atoms with E-state index < -0.39 is 0 Å². The molecule has 1 aromatic heterocycles. The van der Waals surface area contributed by atoms with Crippen LogP contribution >= 0.6 is 11.8 Å². The van der Waals surface area contributed by atoms with Gasteiger partial charge in [0.05, 0.1) is 12.2 Å². The van der Waals surface area contributed by atoms with Gasteiger partial charge in [0.15, 0.2) is 0 Å². The number of nitrogens with two attached hydrogens (primary N) is 1. The molecule has 6 heteroatoms. The van der Waals surface area contributed by atoms with Crippen molar-refractivity contribution in [2.75, 3.05) is 12.3 Å². The molecule has 0 bridgehead atoms. The Kier molecular flexibility index (Phi) is 4.72. The van der Waals surface area contributed by atoms with Crippen molar-refractivity contribution in [1.29, 1.82) is 0 Å². The van der Waals surface area contributed by atoms with Crippen LogP contribution in [0.4, 0.5) is 4.39 Å². The Bertz CT molecular complexity index is 483. The summed E-state index contributed by atoms with van der Waals surface area (Å²) < 4.78 is 14.5. The average Bonchev–Trinajstić information content (AvgIpc) is 2.80. The van der Waals surface area contributed by atoms with Crippen molar-refractivity contribution in [2.24, 2.45) is 5.73 Å².